The lowest BCUT2D eigenvalue weighted by molar-refractivity contribution is -0.0155. The molecule has 0 radical (unpaired) electrons. The zero-order valence-corrected chi connectivity index (χ0v) is 11.6. The van der Waals surface area contributed by atoms with Crippen LogP contribution in [-0.2, 0) is 5.60 Å². The van der Waals surface area contributed by atoms with Crippen LogP contribution in [-0.4, -0.2) is 25.3 Å². The average Bonchev–Trinajstić information content (AvgIpc) is 2.39. The number of piperidine rings is 1. The van der Waals surface area contributed by atoms with Gasteiger partial charge in [-0.25, -0.2) is 0 Å². The molecule has 2 rings (SSSR count). The standard InChI is InChI=1S/C14H20ClNO2/c1-14(17,10-4-3-7-16-9-10)12-6-5-11(18-2)8-13(12)15/h5-6,8,10,16-17H,3-4,7,9H2,1-2H3. The molecule has 2 N–H and O–H groups in total. The van der Waals surface area contributed by atoms with Crippen LogP contribution in [0.5, 0.6) is 5.75 Å². The predicted octanol–water partition coefficient (Wildman–Crippen LogP) is 2.56. The number of hydrogen-bond donors (Lipinski definition) is 2. The van der Waals surface area contributed by atoms with E-state index in [4.69, 9.17) is 16.3 Å². The van der Waals surface area contributed by atoms with Crippen LogP contribution >= 0.6 is 11.6 Å². The van der Waals surface area contributed by atoms with Crippen LogP contribution < -0.4 is 10.1 Å². The van der Waals surface area contributed by atoms with Gasteiger partial charge in [-0.3, -0.25) is 0 Å². The highest BCUT2D eigenvalue weighted by Crippen LogP contribution is 2.38. The molecule has 18 heavy (non-hydrogen) atoms. The van der Waals surface area contributed by atoms with E-state index in [-0.39, 0.29) is 5.92 Å². The van der Waals surface area contributed by atoms with Crippen LogP contribution in [0.1, 0.15) is 25.3 Å². The molecule has 0 amide bonds. The molecule has 0 aliphatic carbocycles. The second-order valence-corrected chi connectivity index (χ2v) is 5.44. The molecule has 0 saturated carbocycles. The molecule has 100 valence electrons. The fourth-order valence-electron chi connectivity index (χ4n) is 2.58. The van der Waals surface area contributed by atoms with Gasteiger partial charge < -0.3 is 15.2 Å². The highest BCUT2D eigenvalue weighted by Gasteiger charge is 2.36. The van der Waals surface area contributed by atoms with E-state index in [0.717, 1.165) is 31.5 Å². The van der Waals surface area contributed by atoms with E-state index in [1.54, 1.807) is 13.2 Å². The first-order valence-electron chi connectivity index (χ1n) is 6.33. The molecular weight excluding hydrogens is 250 g/mol. The Kier molecular flexibility index (Phi) is 4.15. The average molecular weight is 270 g/mol. The first-order chi connectivity index (χ1) is 8.55. The fraction of sp³-hybridized carbons (Fsp3) is 0.571. The Morgan fingerprint density at radius 2 is 2.28 bits per heavy atom. The molecule has 0 bridgehead atoms. The monoisotopic (exact) mass is 269 g/mol. The lowest BCUT2D eigenvalue weighted by Gasteiger charge is -2.36. The summed E-state index contributed by atoms with van der Waals surface area (Å²) in [5.74, 6) is 0.901. The van der Waals surface area contributed by atoms with Gasteiger partial charge in [0.2, 0.25) is 0 Å². The van der Waals surface area contributed by atoms with Gasteiger partial charge in [0.1, 0.15) is 5.75 Å². The first-order valence-corrected chi connectivity index (χ1v) is 6.70. The summed E-state index contributed by atoms with van der Waals surface area (Å²) in [5, 5.41) is 14.7. The van der Waals surface area contributed by atoms with Crippen molar-refractivity contribution in [3.05, 3.63) is 28.8 Å². The summed E-state index contributed by atoms with van der Waals surface area (Å²) in [7, 11) is 1.61. The molecule has 2 atom stereocenters. The molecule has 1 fully saturated rings. The van der Waals surface area contributed by atoms with E-state index >= 15 is 0 Å². The van der Waals surface area contributed by atoms with E-state index in [1.165, 1.54) is 0 Å². The van der Waals surface area contributed by atoms with E-state index in [0.29, 0.717) is 10.8 Å². The summed E-state index contributed by atoms with van der Waals surface area (Å²) in [4.78, 5) is 0. The van der Waals surface area contributed by atoms with E-state index in [2.05, 4.69) is 5.32 Å². The Labute approximate surface area is 113 Å². The van der Waals surface area contributed by atoms with Crippen molar-refractivity contribution in [1.82, 2.24) is 5.32 Å². The largest absolute Gasteiger partial charge is 0.497 e. The fourth-order valence-corrected chi connectivity index (χ4v) is 2.95. The molecule has 1 saturated heterocycles. The van der Waals surface area contributed by atoms with Crippen molar-refractivity contribution < 1.29 is 9.84 Å². The third-order valence-corrected chi connectivity index (χ3v) is 4.13. The Hall–Kier alpha value is -0.770. The van der Waals surface area contributed by atoms with Gasteiger partial charge >= 0.3 is 0 Å². The number of ether oxygens (including phenoxy) is 1. The van der Waals surface area contributed by atoms with Gasteiger partial charge in [-0.05, 0) is 38.4 Å². The van der Waals surface area contributed by atoms with Crippen LogP contribution in [0.4, 0.5) is 0 Å². The van der Waals surface area contributed by atoms with Crippen LogP contribution in [0.15, 0.2) is 18.2 Å². The van der Waals surface area contributed by atoms with Crippen molar-refractivity contribution in [2.24, 2.45) is 5.92 Å². The van der Waals surface area contributed by atoms with Gasteiger partial charge in [0.05, 0.1) is 17.7 Å². The lowest BCUT2D eigenvalue weighted by Crippen LogP contribution is -2.42. The number of nitrogens with one attached hydrogen (secondary N) is 1. The Bertz CT molecular complexity index is 414. The quantitative estimate of drug-likeness (QED) is 0.886. The molecule has 1 aliphatic heterocycles. The van der Waals surface area contributed by atoms with Gasteiger partial charge in [0, 0.05) is 18.0 Å². The minimum Gasteiger partial charge on any atom is -0.497 e. The van der Waals surface area contributed by atoms with Gasteiger partial charge in [-0.2, -0.15) is 0 Å². The molecular formula is C14H20ClNO2. The van der Waals surface area contributed by atoms with Crippen molar-refractivity contribution in [3.8, 4) is 5.75 Å². The summed E-state index contributed by atoms with van der Waals surface area (Å²) in [6.07, 6.45) is 2.11. The maximum atomic E-state index is 10.8. The van der Waals surface area contributed by atoms with Crippen molar-refractivity contribution in [2.75, 3.05) is 20.2 Å². The summed E-state index contributed by atoms with van der Waals surface area (Å²) < 4.78 is 5.13. The number of methoxy groups -OCH3 is 1. The van der Waals surface area contributed by atoms with Crippen molar-refractivity contribution in [3.63, 3.8) is 0 Å². The molecule has 0 spiro atoms. The highest BCUT2D eigenvalue weighted by atomic mass is 35.5. The third-order valence-electron chi connectivity index (χ3n) is 3.81. The van der Waals surface area contributed by atoms with Crippen molar-refractivity contribution in [1.29, 1.82) is 0 Å². The molecule has 1 heterocycles. The van der Waals surface area contributed by atoms with E-state index in [9.17, 15) is 5.11 Å². The van der Waals surface area contributed by atoms with Crippen molar-refractivity contribution in [2.45, 2.75) is 25.4 Å². The molecule has 1 aliphatic rings. The number of hydrogen-bond acceptors (Lipinski definition) is 3. The number of benzene rings is 1. The SMILES string of the molecule is COc1ccc(C(C)(O)C2CCCNC2)c(Cl)c1. The predicted molar refractivity (Wildman–Crippen MR) is 73.2 cm³/mol. The van der Waals surface area contributed by atoms with Gasteiger partial charge in [-0.15, -0.1) is 0 Å². The Balaban J connectivity index is 2.27. The Morgan fingerprint density at radius 3 is 2.83 bits per heavy atom. The highest BCUT2D eigenvalue weighted by molar-refractivity contribution is 6.31. The van der Waals surface area contributed by atoms with E-state index < -0.39 is 5.60 Å². The van der Waals surface area contributed by atoms with E-state index in [1.807, 2.05) is 19.1 Å². The zero-order valence-electron chi connectivity index (χ0n) is 10.9. The zero-order chi connectivity index (χ0) is 13.2. The first kappa shape index (κ1) is 13.7. The minimum atomic E-state index is -0.906. The molecule has 4 heteroatoms. The minimum absolute atomic E-state index is 0.192. The molecule has 1 aromatic carbocycles. The summed E-state index contributed by atoms with van der Waals surface area (Å²) in [6, 6.07) is 5.45. The molecule has 3 nitrogen and oxygen atoms in total. The summed E-state index contributed by atoms with van der Waals surface area (Å²) >= 11 is 6.25. The van der Waals surface area contributed by atoms with Gasteiger partial charge in [0.15, 0.2) is 0 Å². The maximum Gasteiger partial charge on any atom is 0.120 e. The molecule has 0 aromatic heterocycles. The number of rotatable bonds is 3. The Morgan fingerprint density at radius 1 is 1.50 bits per heavy atom. The normalized spacial score (nSPS) is 23.4. The lowest BCUT2D eigenvalue weighted by atomic mass is 9.79. The van der Waals surface area contributed by atoms with Crippen LogP contribution in [0.2, 0.25) is 5.02 Å². The van der Waals surface area contributed by atoms with Crippen LogP contribution in [0.25, 0.3) is 0 Å². The smallest absolute Gasteiger partial charge is 0.120 e. The van der Waals surface area contributed by atoms with Crippen LogP contribution in [0.3, 0.4) is 0 Å². The topological polar surface area (TPSA) is 41.5 Å². The maximum absolute atomic E-state index is 10.8. The van der Waals surface area contributed by atoms with Gasteiger partial charge in [0.25, 0.3) is 0 Å². The summed E-state index contributed by atoms with van der Waals surface area (Å²) in [6.45, 7) is 3.70. The second kappa shape index (κ2) is 5.47. The second-order valence-electron chi connectivity index (χ2n) is 5.04. The third kappa shape index (κ3) is 2.63. The van der Waals surface area contributed by atoms with Crippen LogP contribution in [0, 0.1) is 5.92 Å². The molecule has 1 aromatic rings. The molecule has 2 unspecified atom stereocenters. The van der Waals surface area contributed by atoms with Gasteiger partial charge in [-0.1, -0.05) is 17.7 Å². The summed E-state index contributed by atoms with van der Waals surface area (Å²) in [5.41, 5.74) is -0.129. The number of aliphatic hydroxyl groups is 1. The number of halogens is 1. The van der Waals surface area contributed by atoms with Crippen molar-refractivity contribution >= 4 is 11.6 Å².